The molecule has 0 aliphatic carbocycles. The van der Waals surface area contributed by atoms with Crippen molar-refractivity contribution >= 4 is 5.91 Å². The van der Waals surface area contributed by atoms with Crippen LogP contribution in [0.25, 0.3) is 0 Å². The molecule has 2 aliphatic rings. The van der Waals surface area contributed by atoms with Gasteiger partial charge in [0.05, 0.1) is 13.2 Å². The van der Waals surface area contributed by atoms with Crippen LogP contribution in [-0.4, -0.2) is 43.7 Å². The monoisotopic (exact) mass is 317 g/mol. The Morgan fingerprint density at radius 1 is 1.22 bits per heavy atom. The number of rotatable bonds is 4. The molecular weight excluding hydrogens is 290 g/mol. The van der Waals surface area contributed by atoms with Gasteiger partial charge in [0.2, 0.25) is 5.91 Å². The highest BCUT2D eigenvalue weighted by molar-refractivity contribution is 5.77. The van der Waals surface area contributed by atoms with E-state index in [2.05, 4.69) is 32.9 Å². The Balaban J connectivity index is 1.58. The fraction of sp³-hybridized carbons (Fsp3) is 0.632. The van der Waals surface area contributed by atoms with Crippen molar-refractivity contribution in [3.05, 3.63) is 28.8 Å². The number of hydrogen-bond donors (Lipinski definition) is 0. The smallest absolute Gasteiger partial charge is 0.222 e. The number of ether oxygens (including phenoxy) is 2. The molecule has 23 heavy (non-hydrogen) atoms. The van der Waals surface area contributed by atoms with E-state index < -0.39 is 0 Å². The van der Waals surface area contributed by atoms with Crippen molar-refractivity contribution in [3.63, 3.8) is 0 Å². The van der Waals surface area contributed by atoms with Crippen LogP contribution in [0.3, 0.4) is 0 Å². The first-order chi connectivity index (χ1) is 11.0. The van der Waals surface area contributed by atoms with Gasteiger partial charge < -0.3 is 14.4 Å². The van der Waals surface area contributed by atoms with Gasteiger partial charge in [-0.25, -0.2) is 0 Å². The number of nitrogens with zero attached hydrogens (tertiary/aromatic N) is 1. The van der Waals surface area contributed by atoms with E-state index in [1.165, 1.54) is 5.56 Å². The predicted molar refractivity (Wildman–Crippen MR) is 89.8 cm³/mol. The lowest BCUT2D eigenvalue weighted by Crippen LogP contribution is -2.48. The van der Waals surface area contributed by atoms with E-state index in [9.17, 15) is 4.79 Å². The number of piperidine rings is 1. The number of aryl methyl sites for hydroxylation is 3. The molecule has 1 amide bonds. The molecule has 126 valence electrons. The molecule has 1 atom stereocenters. The van der Waals surface area contributed by atoms with E-state index in [0.29, 0.717) is 19.6 Å². The van der Waals surface area contributed by atoms with Gasteiger partial charge in [-0.05, 0) is 44.7 Å². The molecule has 4 nitrogen and oxygen atoms in total. The Morgan fingerprint density at radius 3 is 2.61 bits per heavy atom. The molecule has 1 spiro atoms. The second-order valence-corrected chi connectivity index (χ2v) is 7.19. The highest BCUT2D eigenvalue weighted by Gasteiger charge is 2.41. The molecule has 0 N–H and O–H groups in total. The molecule has 2 saturated heterocycles. The van der Waals surface area contributed by atoms with E-state index in [0.717, 1.165) is 49.5 Å². The molecule has 2 heterocycles. The highest BCUT2D eigenvalue weighted by atomic mass is 16.5. The Hall–Kier alpha value is -1.55. The number of hydrogen-bond acceptors (Lipinski definition) is 3. The minimum Gasteiger partial charge on any atom is -0.491 e. The molecule has 3 rings (SSSR count). The SMILES string of the molecule is Cc1cc(C)c(OCCN2CC3(CCOC3)CCC2=O)c(C)c1. The van der Waals surface area contributed by atoms with Crippen LogP contribution in [0.5, 0.6) is 5.75 Å². The van der Waals surface area contributed by atoms with Crippen molar-refractivity contribution in [3.8, 4) is 5.75 Å². The highest BCUT2D eigenvalue weighted by Crippen LogP contribution is 2.38. The van der Waals surface area contributed by atoms with Crippen molar-refractivity contribution in [2.75, 3.05) is 32.9 Å². The van der Waals surface area contributed by atoms with Crippen LogP contribution in [-0.2, 0) is 9.53 Å². The fourth-order valence-electron chi connectivity index (χ4n) is 3.93. The molecule has 1 aromatic carbocycles. The van der Waals surface area contributed by atoms with Crippen LogP contribution in [0.4, 0.5) is 0 Å². The summed E-state index contributed by atoms with van der Waals surface area (Å²) in [6, 6.07) is 4.28. The molecule has 1 aromatic rings. The average Bonchev–Trinajstić information content (AvgIpc) is 2.94. The summed E-state index contributed by atoms with van der Waals surface area (Å²) in [5, 5.41) is 0. The summed E-state index contributed by atoms with van der Waals surface area (Å²) in [5.41, 5.74) is 3.77. The lowest BCUT2D eigenvalue weighted by Gasteiger charge is -2.39. The van der Waals surface area contributed by atoms with E-state index in [1.807, 2.05) is 4.90 Å². The zero-order valence-corrected chi connectivity index (χ0v) is 14.5. The molecule has 4 heteroatoms. The summed E-state index contributed by atoms with van der Waals surface area (Å²) >= 11 is 0. The minimum absolute atomic E-state index is 0.198. The molecule has 2 aliphatic heterocycles. The first kappa shape index (κ1) is 16.3. The third-order valence-electron chi connectivity index (χ3n) is 5.15. The molecule has 2 fully saturated rings. The summed E-state index contributed by atoms with van der Waals surface area (Å²) in [5.74, 6) is 1.21. The summed E-state index contributed by atoms with van der Waals surface area (Å²) in [6.07, 6.45) is 2.69. The number of benzene rings is 1. The van der Waals surface area contributed by atoms with E-state index in [-0.39, 0.29) is 11.3 Å². The van der Waals surface area contributed by atoms with Gasteiger partial charge in [-0.1, -0.05) is 17.7 Å². The van der Waals surface area contributed by atoms with Gasteiger partial charge in [-0.2, -0.15) is 0 Å². The van der Waals surface area contributed by atoms with Gasteiger partial charge in [0.25, 0.3) is 0 Å². The molecule has 0 aromatic heterocycles. The first-order valence-corrected chi connectivity index (χ1v) is 8.55. The maximum absolute atomic E-state index is 12.2. The zero-order valence-electron chi connectivity index (χ0n) is 14.5. The second-order valence-electron chi connectivity index (χ2n) is 7.19. The molecule has 0 radical (unpaired) electrons. The predicted octanol–water partition coefficient (Wildman–Crippen LogP) is 3.02. The van der Waals surface area contributed by atoms with Crippen LogP contribution >= 0.6 is 0 Å². The van der Waals surface area contributed by atoms with E-state index >= 15 is 0 Å². The Labute approximate surface area is 138 Å². The summed E-state index contributed by atoms with van der Waals surface area (Å²) in [6.45, 7) is 9.91. The third-order valence-corrected chi connectivity index (χ3v) is 5.15. The lowest BCUT2D eigenvalue weighted by molar-refractivity contribution is -0.138. The van der Waals surface area contributed by atoms with Gasteiger partial charge in [-0.3, -0.25) is 4.79 Å². The lowest BCUT2D eigenvalue weighted by atomic mass is 9.79. The van der Waals surface area contributed by atoms with Gasteiger partial charge in [0, 0.05) is 25.0 Å². The maximum Gasteiger partial charge on any atom is 0.222 e. The van der Waals surface area contributed by atoms with Gasteiger partial charge in [0.1, 0.15) is 12.4 Å². The molecule has 1 unspecified atom stereocenters. The van der Waals surface area contributed by atoms with Crippen LogP contribution in [0.2, 0.25) is 0 Å². The van der Waals surface area contributed by atoms with Crippen molar-refractivity contribution < 1.29 is 14.3 Å². The van der Waals surface area contributed by atoms with Crippen LogP contribution in [0.15, 0.2) is 12.1 Å². The quantitative estimate of drug-likeness (QED) is 0.857. The number of carbonyl (C=O) groups excluding carboxylic acids is 1. The van der Waals surface area contributed by atoms with Gasteiger partial charge in [0.15, 0.2) is 0 Å². The standard InChI is InChI=1S/C19H27NO3/c1-14-10-15(2)18(16(3)11-14)23-9-7-20-12-19(5-4-17(20)21)6-8-22-13-19/h10-11H,4-9,12-13H2,1-3H3. The third kappa shape index (κ3) is 3.52. The number of carbonyl (C=O) groups is 1. The Bertz CT molecular complexity index is 567. The second kappa shape index (κ2) is 6.52. The Kier molecular flexibility index (Phi) is 4.62. The van der Waals surface area contributed by atoms with Crippen LogP contribution < -0.4 is 4.74 Å². The van der Waals surface area contributed by atoms with Gasteiger partial charge in [-0.15, -0.1) is 0 Å². The number of amides is 1. The van der Waals surface area contributed by atoms with E-state index in [1.54, 1.807) is 0 Å². The van der Waals surface area contributed by atoms with E-state index in [4.69, 9.17) is 9.47 Å². The topological polar surface area (TPSA) is 38.8 Å². The average molecular weight is 317 g/mol. The zero-order chi connectivity index (χ0) is 16.4. The first-order valence-electron chi connectivity index (χ1n) is 8.55. The number of likely N-dealkylation sites (tertiary alicyclic amines) is 1. The summed E-state index contributed by atoms with van der Waals surface area (Å²) in [7, 11) is 0. The summed E-state index contributed by atoms with van der Waals surface area (Å²) in [4.78, 5) is 14.2. The van der Waals surface area contributed by atoms with Crippen molar-refractivity contribution in [1.82, 2.24) is 4.90 Å². The fourth-order valence-corrected chi connectivity index (χ4v) is 3.93. The largest absolute Gasteiger partial charge is 0.491 e. The minimum atomic E-state index is 0.198. The van der Waals surface area contributed by atoms with Crippen LogP contribution in [0.1, 0.15) is 36.0 Å². The van der Waals surface area contributed by atoms with Crippen molar-refractivity contribution in [2.45, 2.75) is 40.0 Å². The van der Waals surface area contributed by atoms with Gasteiger partial charge >= 0.3 is 0 Å². The molecular formula is C19H27NO3. The Morgan fingerprint density at radius 2 is 1.96 bits per heavy atom. The maximum atomic E-state index is 12.2. The van der Waals surface area contributed by atoms with Crippen molar-refractivity contribution in [2.24, 2.45) is 5.41 Å². The van der Waals surface area contributed by atoms with Crippen LogP contribution in [0, 0.1) is 26.2 Å². The van der Waals surface area contributed by atoms with Crippen molar-refractivity contribution in [1.29, 1.82) is 0 Å². The molecule has 0 saturated carbocycles. The normalized spacial score (nSPS) is 24.5. The molecule has 0 bridgehead atoms. The summed E-state index contributed by atoms with van der Waals surface area (Å²) < 4.78 is 11.6.